The molecule has 2 aromatic heterocycles. The first kappa shape index (κ1) is 14.0. The van der Waals surface area contributed by atoms with Crippen molar-refractivity contribution in [1.82, 2.24) is 19.9 Å². The Balaban J connectivity index is 1.86. The number of aromatic nitrogens is 3. The fourth-order valence-electron chi connectivity index (χ4n) is 1.77. The second-order valence-electron chi connectivity index (χ2n) is 4.18. The first-order valence-corrected chi connectivity index (χ1v) is 6.28. The van der Waals surface area contributed by atoms with E-state index >= 15 is 0 Å². The van der Waals surface area contributed by atoms with Crippen LogP contribution in [0.4, 0.5) is 10.2 Å². The standard InChI is InChI=1S/C13H16FN5O/c1-15-12-11(14)10(3-5-17-12)13(20)18-4-2-7-19-8-6-16-9-19/h3,5-6,8-9H,2,4,7H2,1H3,(H,15,17)(H,18,20). The van der Waals surface area contributed by atoms with Crippen molar-refractivity contribution < 1.29 is 9.18 Å². The number of imidazole rings is 1. The number of rotatable bonds is 6. The van der Waals surface area contributed by atoms with Crippen molar-refractivity contribution in [2.45, 2.75) is 13.0 Å². The Kier molecular flexibility index (Phi) is 4.65. The first-order valence-electron chi connectivity index (χ1n) is 6.28. The van der Waals surface area contributed by atoms with E-state index in [0.717, 1.165) is 13.0 Å². The van der Waals surface area contributed by atoms with Gasteiger partial charge in [-0.1, -0.05) is 0 Å². The monoisotopic (exact) mass is 277 g/mol. The van der Waals surface area contributed by atoms with Crippen LogP contribution >= 0.6 is 0 Å². The maximum absolute atomic E-state index is 13.9. The van der Waals surface area contributed by atoms with E-state index in [1.807, 2.05) is 10.8 Å². The Morgan fingerprint density at radius 1 is 1.45 bits per heavy atom. The van der Waals surface area contributed by atoms with Crippen molar-refractivity contribution in [3.63, 3.8) is 0 Å². The molecule has 0 aromatic carbocycles. The molecule has 0 saturated carbocycles. The van der Waals surface area contributed by atoms with Gasteiger partial charge >= 0.3 is 0 Å². The average Bonchev–Trinajstić information content (AvgIpc) is 2.97. The van der Waals surface area contributed by atoms with Crippen LogP contribution in [0.25, 0.3) is 0 Å². The molecule has 0 bridgehead atoms. The van der Waals surface area contributed by atoms with E-state index in [0.29, 0.717) is 6.54 Å². The number of amides is 1. The maximum Gasteiger partial charge on any atom is 0.254 e. The normalized spacial score (nSPS) is 10.3. The van der Waals surface area contributed by atoms with E-state index in [9.17, 15) is 9.18 Å². The van der Waals surface area contributed by atoms with Crippen LogP contribution in [0.15, 0.2) is 31.0 Å². The lowest BCUT2D eigenvalue weighted by Gasteiger charge is -2.08. The Labute approximate surface area is 116 Å². The van der Waals surface area contributed by atoms with Crippen LogP contribution < -0.4 is 10.6 Å². The van der Waals surface area contributed by atoms with Gasteiger partial charge in [0.05, 0.1) is 11.9 Å². The molecule has 0 spiro atoms. The lowest BCUT2D eigenvalue weighted by atomic mass is 10.2. The highest BCUT2D eigenvalue weighted by Crippen LogP contribution is 2.14. The summed E-state index contributed by atoms with van der Waals surface area (Å²) in [6, 6.07) is 1.36. The van der Waals surface area contributed by atoms with Gasteiger partial charge in [-0.3, -0.25) is 4.79 Å². The summed E-state index contributed by atoms with van der Waals surface area (Å²) >= 11 is 0. The average molecular weight is 277 g/mol. The number of anilines is 1. The maximum atomic E-state index is 13.9. The van der Waals surface area contributed by atoms with Gasteiger partial charge < -0.3 is 15.2 Å². The summed E-state index contributed by atoms with van der Waals surface area (Å²) in [6.45, 7) is 1.22. The molecule has 0 radical (unpaired) electrons. The molecule has 20 heavy (non-hydrogen) atoms. The van der Waals surface area contributed by atoms with Crippen LogP contribution in [0, 0.1) is 5.82 Å². The van der Waals surface area contributed by atoms with Crippen molar-refractivity contribution in [3.8, 4) is 0 Å². The van der Waals surface area contributed by atoms with Gasteiger partial charge in [0.15, 0.2) is 11.6 Å². The molecule has 0 aliphatic carbocycles. The zero-order valence-electron chi connectivity index (χ0n) is 11.1. The van der Waals surface area contributed by atoms with Crippen LogP contribution in [0.3, 0.4) is 0 Å². The van der Waals surface area contributed by atoms with Crippen molar-refractivity contribution in [3.05, 3.63) is 42.4 Å². The number of carbonyl (C=O) groups is 1. The first-order chi connectivity index (χ1) is 9.72. The Bertz CT molecular complexity index is 570. The largest absolute Gasteiger partial charge is 0.371 e. The fourth-order valence-corrected chi connectivity index (χ4v) is 1.77. The number of nitrogens with one attached hydrogen (secondary N) is 2. The third-order valence-corrected chi connectivity index (χ3v) is 2.81. The number of aryl methyl sites for hydroxylation is 1. The molecule has 0 unspecified atom stereocenters. The van der Waals surface area contributed by atoms with Crippen LogP contribution in [0.5, 0.6) is 0 Å². The zero-order chi connectivity index (χ0) is 14.4. The molecule has 2 N–H and O–H groups in total. The molecular weight excluding hydrogens is 261 g/mol. The number of carbonyl (C=O) groups excluding carboxylic acids is 1. The summed E-state index contributed by atoms with van der Waals surface area (Å²) in [5.41, 5.74) is -0.00743. The molecule has 0 saturated heterocycles. The number of halogens is 1. The number of hydrogen-bond donors (Lipinski definition) is 2. The molecule has 1 amide bonds. The van der Waals surface area contributed by atoms with Crippen LogP contribution in [0.1, 0.15) is 16.8 Å². The second kappa shape index (κ2) is 6.65. The summed E-state index contributed by atoms with van der Waals surface area (Å²) < 4.78 is 15.8. The predicted molar refractivity (Wildman–Crippen MR) is 72.9 cm³/mol. The minimum atomic E-state index is -0.637. The highest BCUT2D eigenvalue weighted by molar-refractivity contribution is 5.95. The second-order valence-corrected chi connectivity index (χ2v) is 4.18. The van der Waals surface area contributed by atoms with Crippen LogP contribution in [-0.2, 0) is 6.54 Å². The van der Waals surface area contributed by atoms with Gasteiger partial charge in [-0.2, -0.15) is 0 Å². The number of nitrogens with zero attached hydrogens (tertiary/aromatic N) is 3. The molecule has 6 nitrogen and oxygen atoms in total. The Morgan fingerprint density at radius 2 is 2.30 bits per heavy atom. The van der Waals surface area contributed by atoms with Crippen molar-refractivity contribution in [2.75, 3.05) is 18.9 Å². The third-order valence-electron chi connectivity index (χ3n) is 2.81. The Morgan fingerprint density at radius 3 is 3.00 bits per heavy atom. The lowest BCUT2D eigenvalue weighted by Crippen LogP contribution is -2.26. The smallest absolute Gasteiger partial charge is 0.254 e. The summed E-state index contributed by atoms with van der Waals surface area (Å²) in [7, 11) is 1.55. The summed E-state index contributed by atoms with van der Waals surface area (Å²) in [5, 5.41) is 5.29. The molecular formula is C13H16FN5O. The molecule has 2 rings (SSSR count). The van der Waals surface area contributed by atoms with Gasteiger partial charge in [0.25, 0.3) is 5.91 Å². The summed E-state index contributed by atoms with van der Waals surface area (Å²) in [6.07, 6.45) is 7.40. The van der Waals surface area contributed by atoms with E-state index in [4.69, 9.17) is 0 Å². The highest BCUT2D eigenvalue weighted by Gasteiger charge is 2.14. The van der Waals surface area contributed by atoms with E-state index < -0.39 is 11.7 Å². The van der Waals surface area contributed by atoms with Gasteiger partial charge in [0, 0.05) is 38.7 Å². The molecule has 0 fully saturated rings. The SMILES string of the molecule is CNc1nccc(C(=O)NCCCn2ccnc2)c1F. The molecule has 106 valence electrons. The Hall–Kier alpha value is -2.44. The van der Waals surface area contributed by atoms with Gasteiger partial charge in [0.1, 0.15) is 0 Å². The molecule has 7 heteroatoms. The van der Waals surface area contributed by atoms with Crippen LogP contribution in [-0.4, -0.2) is 34.0 Å². The molecule has 0 atom stereocenters. The van der Waals surface area contributed by atoms with Crippen molar-refractivity contribution in [1.29, 1.82) is 0 Å². The minimum Gasteiger partial charge on any atom is -0.371 e. The quantitative estimate of drug-likeness (QED) is 0.780. The number of pyridine rings is 1. The van der Waals surface area contributed by atoms with Gasteiger partial charge in [-0.15, -0.1) is 0 Å². The number of hydrogen-bond acceptors (Lipinski definition) is 4. The molecule has 2 heterocycles. The zero-order valence-corrected chi connectivity index (χ0v) is 11.1. The van der Waals surface area contributed by atoms with Crippen molar-refractivity contribution >= 4 is 11.7 Å². The van der Waals surface area contributed by atoms with E-state index in [-0.39, 0.29) is 11.4 Å². The molecule has 0 aliphatic rings. The molecule has 2 aromatic rings. The molecule has 0 aliphatic heterocycles. The van der Waals surface area contributed by atoms with E-state index in [1.165, 1.54) is 12.3 Å². The minimum absolute atomic E-state index is 0.00743. The topological polar surface area (TPSA) is 71.8 Å². The van der Waals surface area contributed by atoms with E-state index in [2.05, 4.69) is 20.6 Å². The van der Waals surface area contributed by atoms with E-state index in [1.54, 1.807) is 19.6 Å². The van der Waals surface area contributed by atoms with Gasteiger partial charge in [0.2, 0.25) is 0 Å². The van der Waals surface area contributed by atoms with Gasteiger partial charge in [-0.25, -0.2) is 14.4 Å². The fraction of sp³-hybridized carbons (Fsp3) is 0.308. The van der Waals surface area contributed by atoms with Crippen molar-refractivity contribution in [2.24, 2.45) is 0 Å². The van der Waals surface area contributed by atoms with Crippen LogP contribution in [0.2, 0.25) is 0 Å². The predicted octanol–water partition coefficient (Wildman–Crippen LogP) is 1.28. The lowest BCUT2D eigenvalue weighted by molar-refractivity contribution is 0.0948. The summed E-state index contributed by atoms with van der Waals surface area (Å²) in [5.74, 6) is -1.01. The van der Waals surface area contributed by atoms with Gasteiger partial charge in [-0.05, 0) is 12.5 Å². The summed E-state index contributed by atoms with van der Waals surface area (Å²) in [4.78, 5) is 19.6. The third kappa shape index (κ3) is 3.31. The highest BCUT2D eigenvalue weighted by atomic mass is 19.1.